The SMILES string of the molecule is CCCCC=C[Si](OC)(OC)OCC. The van der Waals surface area contributed by atoms with Gasteiger partial charge in [-0.3, -0.25) is 0 Å². The van der Waals surface area contributed by atoms with Crippen LogP contribution in [0.15, 0.2) is 11.8 Å². The van der Waals surface area contributed by atoms with Gasteiger partial charge in [-0.25, -0.2) is 0 Å². The van der Waals surface area contributed by atoms with Gasteiger partial charge in [-0.15, -0.1) is 0 Å². The van der Waals surface area contributed by atoms with Crippen LogP contribution in [0.2, 0.25) is 0 Å². The first-order valence-electron chi connectivity index (χ1n) is 5.16. The monoisotopic (exact) mass is 218 g/mol. The second-order valence-corrected chi connectivity index (χ2v) is 5.64. The number of unbranched alkanes of at least 4 members (excludes halogenated alkanes) is 2. The van der Waals surface area contributed by atoms with Gasteiger partial charge in [0, 0.05) is 20.8 Å². The molecule has 0 aliphatic carbocycles. The second kappa shape index (κ2) is 8.17. The maximum atomic E-state index is 5.52. The van der Waals surface area contributed by atoms with Crippen molar-refractivity contribution in [1.82, 2.24) is 0 Å². The van der Waals surface area contributed by atoms with Crippen LogP contribution in [0, 0.1) is 0 Å². The maximum absolute atomic E-state index is 5.52. The molecule has 84 valence electrons. The molecule has 0 N–H and O–H groups in total. The Morgan fingerprint density at radius 2 is 1.79 bits per heavy atom. The van der Waals surface area contributed by atoms with Gasteiger partial charge in [-0.05, 0) is 19.0 Å². The van der Waals surface area contributed by atoms with Crippen molar-refractivity contribution in [3.63, 3.8) is 0 Å². The van der Waals surface area contributed by atoms with E-state index in [0.29, 0.717) is 6.61 Å². The van der Waals surface area contributed by atoms with E-state index in [0.717, 1.165) is 6.42 Å². The summed E-state index contributed by atoms with van der Waals surface area (Å²) in [6.07, 6.45) is 5.55. The van der Waals surface area contributed by atoms with Gasteiger partial charge in [0.05, 0.1) is 0 Å². The first-order chi connectivity index (χ1) is 6.74. The van der Waals surface area contributed by atoms with Crippen LogP contribution < -0.4 is 0 Å². The van der Waals surface area contributed by atoms with Gasteiger partial charge in [0.25, 0.3) is 0 Å². The zero-order valence-corrected chi connectivity index (χ0v) is 10.7. The normalized spacial score (nSPS) is 12.6. The van der Waals surface area contributed by atoms with Crippen LogP contribution >= 0.6 is 0 Å². The van der Waals surface area contributed by atoms with Crippen LogP contribution in [0.4, 0.5) is 0 Å². The summed E-state index contributed by atoms with van der Waals surface area (Å²) in [4.78, 5) is 0. The first kappa shape index (κ1) is 13.8. The minimum Gasteiger partial charge on any atom is -0.374 e. The highest BCUT2D eigenvalue weighted by Gasteiger charge is 2.35. The zero-order valence-electron chi connectivity index (χ0n) is 9.71. The Morgan fingerprint density at radius 1 is 1.14 bits per heavy atom. The van der Waals surface area contributed by atoms with E-state index in [2.05, 4.69) is 13.0 Å². The number of hydrogen-bond donors (Lipinski definition) is 0. The summed E-state index contributed by atoms with van der Waals surface area (Å²) in [5.74, 6) is 0. The molecule has 0 rings (SSSR count). The molecule has 0 saturated carbocycles. The highest BCUT2D eigenvalue weighted by atomic mass is 28.4. The van der Waals surface area contributed by atoms with Crippen LogP contribution in [-0.4, -0.2) is 29.6 Å². The van der Waals surface area contributed by atoms with Gasteiger partial charge < -0.3 is 13.3 Å². The summed E-state index contributed by atoms with van der Waals surface area (Å²) < 4.78 is 16.1. The minimum absolute atomic E-state index is 0.617. The van der Waals surface area contributed by atoms with E-state index < -0.39 is 8.80 Å². The fraction of sp³-hybridized carbons (Fsp3) is 0.800. The smallest absolute Gasteiger partial charge is 0.374 e. The predicted molar refractivity (Wildman–Crippen MR) is 60.1 cm³/mol. The molecule has 0 radical (unpaired) electrons. The molecule has 3 nitrogen and oxygen atoms in total. The second-order valence-electron chi connectivity index (χ2n) is 2.99. The molecule has 0 heterocycles. The molecule has 0 aromatic rings. The fourth-order valence-electron chi connectivity index (χ4n) is 1.14. The average molecular weight is 218 g/mol. The average Bonchev–Trinajstić information content (AvgIpc) is 2.23. The molecule has 0 atom stereocenters. The van der Waals surface area contributed by atoms with Gasteiger partial charge in [0.1, 0.15) is 0 Å². The quantitative estimate of drug-likeness (QED) is 0.463. The van der Waals surface area contributed by atoms with Crippen molar-refractivity contribution in [3.8, 4) is 0 Å². The minimum atomic E-state index is -2.47. The summed E-state index contributed by atoms with van der Waals surface area (Å²) in [5, 5.41) is 0. The molecule has 0 aliphatic rings. The van der Waals surface area contributed by atoms with E-state index in [9.17, 15) is 0 Å². The number of rotatable bonds is 8. The Morgan fingerprint density at radius 3 is 2.21 bits per heavy atom. The largest absolute Gasteiger partial charge is 0.528 e. The van der Waals surface area contributed by atoms with Gasteiger partial charge in [0.15, 0.2) is 0 Å². The summed E-state index contributed by atoms with van der Waals surface area (Å²) in [5.41, 5.74) is 1.96. The molecule has 0 unspecified atom stereocenters. The Kier molecular flexibility index (Phi) is 8.08. The lowest BCUT2D eigenvalue weighted by Gasteiger charge is -2.22. The summed E-state index contributed by atoms with van der Waals surface area (Å²) in [6, 6.07) is 0. The lowest BCUT2D eigenvalue weighted by molar-refractivity contribution is 0.118. The topological polar surface area (TPSA) is 27.7 Å². The maximum Gasteiger partial charge on any atom is 0.528 e. The third-order valence-electron chi connectivity index (χ3n) is 1.96. The lowest BCUT2D eigenvalue weighted by atomic mass is 10.2. The van der Waals surface area contributed by atoms with Crippen LogP contribution in [0.1, 0.15) is 33.1 Å². The number of hydrogen-bond acceptors (Lipinski definition) is 3. The Hall–Kier alpha value is -0.163. The fourth-order valence-corrected chi connectivity index (χ4v) is 2.76. The molecular weight excluding hydrogens is 196 g/mol. The van der Waals surface area contributed by atoms with Crippen LogP contribution in [0.25, 0.3) is 0 Å². The molecule has 0 bridgehead atoms. The van der Waals surface area contributed by atoms with Crippen molar-refractivity contribution in [2.75, 3.05) is 20.8 Å². The summed E-state index contributed by atoms with van der Waals surface area (Å²) >= 11 is 0. The molecule has 0 fully saturated rings. The van der Waals surface area contributed by atoms with E-state index in [1.807, 2.05) is 12.6 Å². The van der Waals surface area contributed by atoms with E-state index >= 15 is 0 Å². The first-order valence-corrected chi connectivity index (χ1v) is 6.96. The molecular formula is C10H22O3Si. The molecule has 0 aliphatic heterocycles. The van der Waals surface area contributed by atoms with Gasteiger partial charge in [-0.1, -0.05) is 25.8 Å². The van der Waals surface area contributed by atoms with Crippen LogP contribution in [-0.2, 0) is 13.3 Å². The van der Waals surface area contributed by atoms with Crippen molar-refractivity contribution < 1.29 is 13.3 Å². The summed E-state index contributed by atoms with van der Waals surface area (Å²) in [7, 11) is 0.795. The Labute approximate surface area is 88.4 Å². The molecule has 0 aromatic heterocycles. The Bertz CT molecular complexity index is 155. The van der Waals surface area contributed by atoms with Gasteiger partial charge in [-0.2, -0.15) is 0 Å². The van der Waals surface area contributed by atoms with Crippen LogP contribution in [0.5, 0.6) is 0 Å². The van der Waals surface area contributed by atoms with Crippen molar-refractivity contribution >= 4 is 8.80 Å². The molecule has 4 heteroatoms. The number of allylic oxidation sites excluding steroid dienone is 1. The van der Waals surface area contributed by atoms with Crippen molar-refractivity contribution in [2.45, 2.75) is 33.1 Å². The highest BCUT2D eigenvalue weighted by Crippen LogP contribution is 2.10. The highest BCUT2D eigenvalue weighted by molar-refractivity contribution is 6.66. The van der Waals surface area contributed by atoms with E-state index in [-0.39, 0.29) is 0 Å². The molecule has 0 spiro atoms. The van der Waals surface area contributed by atoms with E-state index in [1.165, 1.54) is 12.8 Å². The Balaban J connectivity index is 4.11. The standard InChI is InChI=1S/C10H22O3Si/c1-5-7-8-9-10-14(11-3,12-4)13-6-2/h9-10H,5-8H2,1-4H3. The van der Waals surface area contributed by atoms with Crippen molar-refractivity contribution in [1.29, 1.82) is 0 Å². The predicted octanol–water partition coefficient (Wildman–Crippen LogP) is 2.54. The summed E-state index contributed by atoms with van der Waals surface area (Å²) in [6.45, 7) is 4.74. The molecule has 14 heavy (non-hydrogen) atoms. The van der Waals surface area contributed by atoms with Gasteiger partial charge >= 0.3 is 8.80 Å². The van der Waals surface area contributed by atoms with E-state index in [4.69, 9.17) is 13.3 Å². The zero-order chi connectivity index (χ0) is 10.9. The van der Waals surface area contributed by atoms with Gasteiger partial charge in [0.2, 0.25) is 0 Å². The third kappa shape index (κ3) is 4.90. The third-order valence-corrected chi connectivity index (χ3v) is 4.43. The lowest BCUT2D eigenvalue weighted by Crippen LogP contribution is -2.42. The van der Waals surface area contributed by atoms with Crippen molar-refractivity contribution in [3.05, 3.63) is 11.8 Å². The molecule has 0 amide bonds. The molecule has 0 aromatic carbocycles. The molecule has 0 saturated heterocycles. The van der Waals surface area contributed by atoms with E-state index in [1.54, 1.807) is 14.2 Å². The van der Waals surface area contributed by atoms with Crippen molar-refractivity contribution in [2.24, 2.45) is 0 Å². The van der Waals surface area contributed by atoms with Crippen LogP contribution in [0.3, 0.4) is 0 Å².